The summed E-state index contributed by atoms with van der Waals surface area (Å²) in [4.78, 5) is 16.9. The molecule has 0 saturated carbocycles. The van der Waals surface area contributed by atoms with Gasteiger partial charge in [-0.3, -0.25) is 9.89 Å². The summed E-state index contributed by atoms with van der Waals surface area (Å²) in [5.41, 5.74) is -0.264. The number of ether oxygens (including phenoxy) is 1. The first-order chi connectivity index (χ1) is 11.5. The smallest absolute Gasteiger partial charge is 0.413 e. The van der Waals surface area contributed by atoms with E-state index in [0.29, 0.717) is 24.7 Å². The van der Waals surface area contributed by atoms with Crippen molar-refractivity contribution in [3.63, 3.8) is 0 Å². The molecule has 1 amide bonds. The molecular formula is C16H30N2O5SSi. The molecule has 0 spiro atoms. The van der Waals surface area contributed by atoms with E-state index in [1.54, 1.807) is 6.92 Å². The lowest BCUT2D eigenvalue weighted by molar-refractivity contribution is -0.109. The Morgan fingerprint density at radius 3 is 2.64 bits per heavy atom. The highest BCUT2D eigenvalue weighted by Gasteiger charge is 2.45. The second-order valence-electron chi connectivity index (χ2n) is 8.04. The highest BCUT2D eigenvalue weighted by Crippen LogP contribution is 2.39. The molecule has 0 bridgehead atoms. The molecule has 0 aromatic heterocycles. The van der Waals surface area contributed by atoms with Crippen LogP contribution in [0.4, 0.5) is 4.79 Å². The molecular weight excluding hydrogens is 360 g/mol. The quantitative estimate of drug-likeness (QED) is 0.717. The Balaban J connectivity index is 1.98. The number of aliphatic hydroxyl groups is 1. The van der Waals surface area contributed by atoms with Crippen LogP contribution in [-0.2, 0) is 9.16 Å². The molecule has 2 rings (SSSR count). The lowest BCUT2D eigenvalue weighted by Crippen LogP contribution is -2.49. The standard InChI is InChI=1S/C16H30N2O5SSi/c1-7-18(15(20)21)14-17-10-8-11(19)12(23-13(10)24-14)9-22-25(5,6)16(2,3)4/h10-13,19H,7-9H2,1-6H3,(H,20,21)/t10-,11+,12-,13-/m1/s1. The Labute approximate surface area is 154 Å². The largest absolute Gasteiger partial charge is 0.465 e. The van der Waals surface area contributed by atoms with E-state index in [0.717, 1.165) is 0 Å². The summed E-state index contributed by atoms with van der Waals surface area (Å²) >= 11 is 1.32. The third-order valence-electron chi connectivity index (χ3n) is 5.23. The van der Waals surface area contributed by atoms with E-state index in [9.17, 15) is 15.0 Å². The van der Waals surface area contributed by atoms with Crippen molar-refractivity contribution >= 4 is 31.3 Å². The maximum absolute atomic E-state index is 11.3. The molecule has 1 fully saturated rings. The predicted octanol–water partition coefficient (Wildman–Crippen LogP) is 2.96. The first-order valence-electron chi connectivity index (χ1n) is 8.68. The van der Waals surface area contributed by atoms with Crippen molar-refractivity contribution in [2.24, 2.45) is 4.99 Å². The van der Waals surface area contributed by atoms with Gasteiger partial charge >= 0.3 is 6.09 Å². The lowest BCUT2D eigenvalue weighted by atomic mass is 10.0. The summed E-state index contributed by atoms with van der Waals surface area (Å²) < 4.78 is 12.2. The summed E-state index contributed by atoms with van der Waals surface area (Å²) in [5.74, 6) is 0. The Bertz CT molecular complexity index is 537. The molecule has 0 aromatic carbocycles. The highest BCUT2D eigenvalue weighted by molar-refractivity contribution is 8.14. The van der Waals surface area contributed by atoms with Crippen LogP contribution in [0.3, 0.4) is 0 Å². The number of aliphatic imine (C=N–C) groups is 1. The molecule has 0 aromatic rings. The second-order valence-corrected chi connectivity index (χ2v) is 13.9. The number of rotatable bonds is 4. The zero-order valence-corrected chi connectivity index (χ0v) is 17.7. The van der Waals surface area contributed by atoms with E-state index in [-0.39, 0.29) is 16.5 Å². The van der Waals surface area contributed by atoms with Gasteiger partial charge in [0.2, 0.25) is 0 Å². The molecule has 2 heterocycles. The molecule has 0 aliphatic carbocycles. The maximum atomic E-state index is 11.3. The Kier molecular flexibility index (Phi) is 6.25. The first-order valence-corrected chi connectivity index (χ1v) is 12.5. The van der Waals surface area contributed by atoms with Gasteiger partial charge in [0.25, 0.3) is 0 Å². The van der Waals surface area contributed by atoms with Crippen molar-refractivity contribution in [3.05, 3.63) is 0 Å². The van der Waals surface area contributed by atoms with E-state index >= 15 is 0 Å². The number of thioether (sulfide) groups is 1. The number of carboxylic acid groups (broad SMARTS) is 1. The van der Waals surface area contributed by atoms with Gasteiger partial charge in [-0.25, -0.2) is 4.79 Å². The third kappa shape index (κ3) is 4.57. The monoisotopic (exact) mass is 390 g/mol. The van der Waals surface area contributed by atoms with E-state index in [1.807, 2.05) is 0 Å². The van der Waals surface area contributed by atoms with Crippen LogP contribution in [0, 0.1) is 0 Å². The molecule has 4 atom stereocenters. The van der Waals surface area contributed by atoms with Crippen LogP contribution in [0.15, 0.2) is 4.99 Å². The van der Waals surface area contributed by atoms with E-state index < -0.39 is 26.6 Å². The number of carbonyl (C=O) groups is 1. The van der Waals surface area contributed by atoms with Crippen LogP contribution in [0.2, 0.25) is 18.1 Å². The number of amides is 1. The Hall–Kier alpha value is -0.613. The van der Waals surface area contributed by atoms with Gasteiger partial charge in [0, 0.05) is 13.0 Å². The molecule has 2 N–H and O–H groups in total. The van der Waals surface area contributed by atoms with E-state index in [4.69, 9.17) is 9.16 Å². The van der Waals surface area contributed by atoms with Gasteiger partial charge in [-0.05, 0) is 25.1 Å². The number of fused-ring (bicyclic) bond motifs is 1. The number of aliphatic hydroxyl groups excluding tert-OH is 1. The van der Waals surface area contributed by atoms with Crippen LogP contribution in [-0.4, -0.2) is 71.5 Å². The molecule has 0 unspecified atom stereocenters. The van der Waals surface area contributed by atoms with Crippen LogP contribution < -0.4 is 0 Å². The maximum Gasteiger partial charge on any atom is 0.413 e. The lowest BCUT2D eigenvalue weighted by Gasteiger charge is -2.40. The van der Waals surface area contributed by atoms with Crippen molar-refractivity contribution < 1.29 is 24.2 Å². The molecule has 2 aliphatic heterocycles. The SMILES string of the molecule is CCN(C(=O)O)C1=N[C@@H]2C[C@H](O)[C@@H](CO[Si](C)(C)C(C)(C)C)O[C@@H]2S1. The molecule has 144 valence electrons. The first kappa shape index (κ1) is 20.7. The van der Waals surface area contributed by atoms with Gasteiger partial charge in [0.15, 0.2) is 13.5 Å². The number of hydrogen-bond acceptors (Lipinski definition) is 6. The highest BCUT2D eigenvalue weighted by atomic mass is 32.2. The second kappa shape index (κ2) is 7.56. The van der Waals surface area contributed by atoms with Crippen molar-refractivity contribution in [2.45, 2.75) is 75.9 Å². The van der Waals surface area contributed by atoms with Crippen LogP contribution in [0.5, 0.6) is 0 Å². The fourth-order valence-electron chi connectivity index (χ4n) is 2.50. The van der Waals surface area contributed by atoms with Gasteiger partial charge < -0.3 is 19.4 Å². The minimum atomic E-state index is -1.92. The Morgan fingerprint density at radius 2 is 2.12 bits per heavy atom. The third-order valence-corrected chi connectivity index (χ3v) is 10.9. The fourth-order valence-corrected chi connectivity index (χ4v) is 4.78. The van der Waals surface area contributed by atoms with Gasteiger partial charge in [0.1, 0.15) is 11.5 Å². The molecule has 9 heteroatoms. The summed E-state index contributed by atoms with van der Waals surface area (Å²) in [7, 11) is -1.92. The van der Waals surface area contributed by atoms with Gasteiger partial charge in [-0.1, -0.05) is 32.5 Å². The molecule has 2 aliphatic rings. The molecule has 25 heavy (non-hydrogen) atoms. The summed E-state index contributed by atoms with van der Waals surface area (Å²) in [6.45, 7) is 13.3. The van der Waals surface area contributed by atoms with Crippen molar-refractivity contribution in [1.29, 1.82) is 0 Å². The van der Waals surface area contributed by atoms with Crippen LogP contribution in [0.25, 0.3) is 0 Å². The van der Waals surface area contributed by atoms with Crippen LogP contribution >= 0.6 is 11.8 Å². The fraction of sp³-hybridized carbons (Fsp3) is 0.875. The zero-order valence-electron chi connectivity index (χ0n) is 15.9. The topological polar surface area (TPSA) is 91.6 Å². The molecule has 1 saturated heterocycles. The minimum Gasteiger partial charge on any atom is -0.465 e. The zero-order chi connectivity index (χ0) is 19.0. The predicted molar refractivity (Wildman–Crippen MR) is 102 cm³/mol. The van der Waals surface area contributed by atoms with Gasteiger partial charge in [0.05, 0.1) is 18.8 Å². The van der Waals surface area contributed by atoms with E-state index in [1.165, 1.54) is 16.7 Å². The minimum absolute atomic E-state index is 0.0939. The Morgan fingerprint density at radius 1 is 1.48 bits per heavy atom. The van der Waals surface area contributed by atoms with Crippen molar-refractivity contribution in [2.75, 3.05) is 13.2 Å². The number of nitrogens with zero attached hydrogens (tertiary/aromatic N) is 2. The molecule has 7 nitrogen and oxygen atoms in total. The van der Waals surface area contributed by atoms with Crippen molar-refractivity contribution in [3.8, 4) is 0 Å². The number of hydrogen-bond donors (Lipinski definition) is 2. The summed E-state index contributed by atoms with van der Waals surface area (Å²) in [6, 6.07) is -0.215. The molecule has 0 radical (unpaired) electrons. The average molecular weight is 391 g/mol. The van der Waals surface area contributed by atoms with Crippen LogP contribution in [0.1, 0.15) is 34.1 Å². The summed E-state index contributed by atoms with van der Waals surface area (Å²) in [6.07, 6.45) is -1.62. The van der Waals surface area contributed by atoms with Gasteiger partial charge in [-0.15, -0.1) is 0 Å². The average Bonchev–Trinajstić information content (AvgIpc) is 2.86. The van der Waals surface area contributed by atoms with E-state index in [2.05, 4.69) is 38.9 Å². The van der Waals surface area contributed by atoms with Crippen molar-refractivity contribution in [1.82, 2.24) is 4.90 Å². The number of amidine groups is 1. The van der Waals surface area contributed by atoms with Gasteiger partial charge in [-0.2, -0.15) is 0 Å². The normalized spacial score (nSPS) is 30.0. The summed E-state index contributed by atoms with van der Waals surface area (Å²) in [5, 5.41) is 20.2.